The Balaban J connectivity index is 0.00000220. The van der Waals surface area contributed by atoms with Crippen LogP contribution in [-0.4, -0.2) is 35.4 Å². The molecule has 1 aromatic heterocycles. The van der Waals surface area contributed by atoms with E-state index < -0.39 is 5.54 Å². The van der Waals surface area contributed by atoms with Gasteiger partial charge in [0.25, 0.3) is 5.91 Å². The summed E-state index contributed by atoms with van der Waals surface area (Å²) in [5, 5.41) is 5.50. The maximum Gasteiger partial charge on any atom is 0.252 e. The van der Waals surface area contributed by atoms with Crippen LogP contribution >= 0.6 is 24.8 Å². The van der Waals surface area contributed by atoms with E-state index in [1.54, 1.807) is 18.3 Å². The first kappa shape index (κ1) is 20.6. The summed E-state index contributed by atoms with van der Waals surface area (Å²) < 4.78 is 0. The van der Waals surface area contributed by atoms with Gasteiger partial charge in [-0.25, -0.2) is 0 Å². The lowest BCUT2D eigenvalue weighted by Crippen LogP contribution is -2.53. The van der Waals surface area contributed by atoms with Crippen LogP contribution in [0.3, 0.4) is 0 Å². The van der Waals surface area contributed by atoms with Crippen LogP contribution < -0.4 is 16.4 Å². The van der Waals surface area contributed by atoms with Gasteiger partial charge in [0.2, 0.25) is 5.91 Å². The summed E-state index contributed by atoms with van der Waals surface area (Å²) in [6.07, 6.45) is 6.59. The number of pyridine rings is 1. The lowest BCUT2D eigenvalue weighted by molar-refractivity contribution is -0.126. The molecule has 1 saturated carbocycles. The molecule has 6 nitrogen and oxygen atoms in total. The summed E-state index contributed by atoms with van der Waals surface area (Å²) in [5.41, 5.74) is 5.82. The first-order chi connectivity index (χ1) is 9.62. The molecule has 1 aromatic rings. The Hall–Kier alpha value is -1.37. The van der Waals surface area contributed by atoms with Gasteiger partial charge in [0.1, 0.15) is 0 Å². The van der Waals surface area contributed by atoms with Gasteiger partial charge in [-0.05, 0) is 25.0 Å². The highest BCUT2D eigenvalue weighted by Gasteiger charge is 2.36. The molecule has 0 saturated heterocycles. The molecule has 0 radical (unpaired) electrons. The maximum atomic E-state index is 11.9. The monoisotopic (exact) mass is 348 g/mol. The van der Waals surface area contributed by atoms with Crippen molar-refractivity contribution >= 4 is 36.6 Å². The summed E-state index contributed by atoms with van der Waals surface area (Å²) in [4.78, 5) is 27.5. The zero-order chi connectivity index (χ0) is 14.4. The Bertz CT molecular complexity index is 479. The van der Waals surface area contributed by atoms with Gasteiger partial charge in [0.05, 0.1) is 11.1 Å². The van der Waals surface area contributed by atoms with E-state index in [0.717, 1.165) is 25.7 Å². The SMILES string of the molecule is Cl.Cl.NC1(C(=O)NCCNC(=O)c2cccnc2)CCCC1. The molecule has 0 unspecified atom stereocenters. The van der Waals surface area contributed by atoms with E-state index in [-0.39, 0.29) is 36.6 Å². The molecule has 1 aliphatic rings. The van der Waals surface area contributed by atoms with Crippen molar-refractivity contribution in [1.29, 1.82) is 0 Å². The number of halogens is 2. The highest BCUT2D eigenvalue weighted by molar-refractivity contribution is 5.93. The van der Waals surface area contributed by atoms with Crippen molar-refractivity contribution in [1.82, 2.24) is 15.6 Å². The predicted molar refractivity (Wildman–Crippen MR) is 89.5 cm³/mol. The van der Waals surface area contributed by atoms with Gasteiger partial charge >= 0.3 is 0 Å². The number of rotatable bonds is 5. The summed E-state index contributed by atoms with van der Waals surface area (Å²) in [6, 6.07) is 3.39. The second kappa shape index (κ2) is 9.61. The van der Waals surface area contributed by atoms with E-state index in [0.29, 0.717) is 18.7 Å². The average molecular weight is 349 g/mol. The highest BCUT2D eigenvalue weighted by atomic mass is 35.5. The van der Waals surface area contributed by atoms with Crippen molar-refractivity contribution in [2.24, 2.45) is 5.73 Å². The second-order valence-electron chi connectivity index (χ2n) is 5.12. The van der Waals surface area contributed by atoms with Crippen LogP contribution in [0.25, 0.3) is 0 Å². The van der Waals surface area contributed by atoms with E-state index in [2.05, 4.69) is 15.6 Å². The molecule has 2 amide bonds. The molecular weight excluding hydrogens is 327 g/mol. The van der Waals surface area contributed by atoms with Crippen LogP contribution in [0, 0.1) is 0 Å². The highest BCUT2D eigenvalue weighted by Crippen LogP contribution is 2.26. The van der Waals surface area contributed by atoms with Gasteiger partial charge in [-0.3, -0.25) is 14.6 Å². The number of nitrogens with two attached hydrogens (primary N) is 1. The average Bonchev–Trinajstić information content (AvgIpc) is 2.92. The summed E-state index contributed by atoms with van der Waals surface area (Å²) in [6.45, 7) is 0.749. The van der Waals surface area contributed by atoms with Crippen molar-refractivity contribution in [2.75, 3.05) is 13.1 Å². The predicted octanol–water partition coefficient (Wildman–Crippen LogP) is 1.04. The molecule has 1 aliphatic carbocycles. The van der Waals surface area contributed by atoms with Gasteiger partial charge in [-0.15, -0.1) is 24.8 Å². The number of carbonyl (C=O) groups is 2. The molecule has 0 bridgehead atoms. The molecule has 1 heterocycles. The van der Waals surface area contributed by atoms with Gasteiger partial charge < -0.3 is 16.4 Å². The van der Waals surface area contributed by atoms with Gasteiger partial charge in [-0.2, -0.15) is 0 Å². The lowest BCUT2D eigenvalue weighted by Gasteiger charge is -2.22. The summed E-state index contributed by atoms with van der Waals surface area (Å²) in [5.74, 6) is -0.318. The fourth-order valence-electron chi connectivity index (χ4n) is 2.36. The zero-order valence-electron chi connectivity index (χ0n) is 12.2. The van der Waals surface area contributed by atoms with Gasteiger partial charge in [-0.1, -0.05) is 12.8 Å². The van der Waals surface area contributed by atoms with Crippen LogP contribution in [0.1, 0.15) is 36.0 Å². The topological polar surface area (TPSA) is 97.1 Å². The molecule has 0 aromatic carbocycles. The quantitative estimate of drug-likeness (QED) is 0.692. The minimum absolute atomic E-state index is 0. The molecule has 8 heteroatoms. The first-order valence-electron chi connectivity index (χ1n) is 6.87. The zero-order valence-corrected chi connectivity index (χ0v) is 13.8. The Morgan fingerprint density at radius 1 is 1.18 bits per heavy atom. The summed E-state index contributed by atoms with van der Waals surface area (Å²) in [7, 11) is 0. The van der Waals surface area contributed by atoms with Crippen molar-refractivity contribution in [2.45, 2.75) is 31.2 Å². The van der Waals surface area contributed by atoms with E-state index in [9.17, 15) is 9.59 Å². The number of nitrogens with zero attached hydrogens (tertiary/aromatic N) is 1. The Kier molecular flexibility index (Phi) is 9.01. The molecular formula is C14H22Cl2N4O2. The van der Waals surface area contributed by atoms with Crippen molar-refractivity contribution in [3.05, 3.63) is 30.1 Å². The third-order valence-corrected chi connectivity index (χ3v) is 3.57. The molecule has 0 spiro atoms. The number of amides is 2. The normalized spacial score (nSPS) is 15.1. The minimum Gasteiger partial charge on any atom is -0.353 e. The van der Waals surface area contributed by atoms with Crippen LogP contribution in [-0.2, 0) is 4.79 Å². The van der Waals surface area contributed by atoms with Gasteiger partial charge in [0.15, 0.2) is 0 Å². The molecule has 124 valence electrons. The van der Waals surface area contributed by atoms with Crippen molar-refractivity contribution in [3.8, 4) is 0 Å². The standard InChI is InChI=1S/C14H20N4O2.2ClH/c15-14(5-1-2-6-14)13(20)18-9-8-17-12(19)11-4-3-7-16-10-11;;/h3-4,7,10H,1-2,5-6,8-9,15H2,(H,17,19)(H,18,20);2*1H. The van der Waals surface area contributed by atoms with Gasteiger partial charge in [0, 0.05) is 25.5 Å². The minimum atomic E-state index is -0.715. The fraction of sp³-hybridized carbons (Fsp3) is 0.500. The maximum absolute atomic E-state index is 11.9. The van der Waals surface area contributed by atoms with Crippen LogP contribution in [0.5, 0.6) is 0 Å². The van der Waals surface area contributed by atoms with Crippen molar-refractivity contribution < 1.29 is 9.59 Å². The van der Waals surface area contributed by atoms with E-state index in [4.69, 9.17) is 5.73 Å². The fourth-order valence-corrected chi connectivity index (χ4v) is 2.36. The second-order valence-corrected chi connectivity index (χ2v) is 5.12. The van der Waals surface area contributed by atoms with Crippen molar-refractivity contribution in [3.63, 3.8) is 0 Å². The smallest absolute Gasteiger partial charge is 0.252 e. The van der Waals surface area contributed by atoms with Crippen LogP contribution in [0.15, 0.2) is 24.5 Å². The third kappa shape index (κ3) is 5.44. The number of hydrogen-bond acceptors (Lipinski definition) is 4. The Morgan fingerprint density at radius 2 is 1.82 bits per heavy atom. The molecule has 0 atom stereocenters. The van der Waals surface area contributed by atoms with Crippen LogP contribution in [0.2, 0.25) is 0 Å². The van der Waals surface area contributed by atoms with E-state index in [1.807, 2.05) is 0 Å². The molecule has 2 rings (SSSR count). The number of carbonyl (C=O) groups excluding carboxylic acids is 2. The Morgan fingerprint density at radius 3 is 2.41 bits per heavy atom. The Labute approximate surface area is 142 Å². The van der Waals surface area contributed by atoms with E-state index >= 15 is 0 Å². The molecule has 4 N–H and O–H groups in total. The lowest BCUT2D eigenvalue weighted by atomic mass is 9.98. The summed E-state index contributed by atoms with van der Waals surface area (Å²) >= 11 is 0. The number of hydrogen-bond donors (Lipinski definition) is 3. The number of nitrogens with one attached hydrogen (secondary N) is 2. The molecule has 22 heavy (non-hydrogen) atoms. The largest absolute Gasteiger partial charge is 0.353 e. The van der Waals surface area contributed by atoms with E-state index in [1.165, 1.54) is 6.20 Å². The first-order valence-corrected chi connectivity index (χ1v) is 6.87. The molecule has 1 fully saturated rings. The van der Waals surface area contributed by atoms with Crippen LogP contribution in [0.4, 0.5) is 0 Å². The number of aromatic nitrogens is 1. The molecule has 0 aliphatic heterocycles. The third-order valence-electron chi connectivity index (χ3n) is 3.57.